The quantitative estimate of drug-likeness (QED) is 0.743. The normalized spacial score (nSPS) is 12.1. The van der Waals surface area contributed by atoms with Crippen LogP contribution in [-0.4, -0.2) is 30.4 Å². The lowest BCUT2D eigenvalue weighted by Gasteiger charge is -2.13. The number of aromatic nitrogens is 1. The Morgan fingerprint density at radius 2 is 2.22 bits per heavy atom. The predicted molar refractivity (Wildman–Crippen MR) is 67.2 cm³/mol. The third-order valence-electron chi connectivity index (χ3n) is 2.37. The topological polar surface area (TPSA) is 83.6 Å². The molecule has 0 saturated carbocycles. The van der Waals surface area contributed by atoms with Gasteiger partial charge in [-0.15, -0.1) is 0 Å². The second kappa shape index (κ2) is 6.80. The van der Waals surface area contributed by atoms with Gasteiger partial charge in [-0.25, -0.2) is 0 Å². The van der Waals surface area contributed by atoms with Crippen LogP contribution in [0.5, 0.6) is 0 Å². The molecule has 0 spiro atoms. The van der Waals surface area contributed by atoms with Gasteiger partial charge in [0.2, 0.25) is 0 Å². The molecule has 0 fully saturated rings. The fourth-order valence-electron chi connectivity index (χ4n) is 1.42. The first-order valence-corrected chi connectivity index (χ1v) is 5.67. The van der Waals surface area contributed by atoms with Gasteiger partial charge >= 0.3 is 5.97 Å². The van der Waals surface area contributed by atoms with E-state index in [0.29, 0.717) is 18.7 Å². The van der Waals surface area contributed by atoms with Gasteiger partial charge in [-0.05, 0) is 13.0 Å². The molecule has 1 aromatic heterocycles. The number of nitrogen functional groups attached to an aromatic ring is 1. The minimum Gasteiger partial charge on any atom is -0.461 e. The summed E-state index contributed by atoms with van der Waals surface area (Å²) in [7, 11) is 1.58. The summed E-state index contributed by atoms with van der Waals surface area (Å²) >= 11 is 0. The van der Waals surface area contributed by atoms with Crippen LogP contribution in [0, 0.1) is 0 Å². The minimum absolute atomic E-state index is 0.138. The molecule has 0 bridgehead atoms. The van der Waals surface area contributed by atoms with E-state index in [9.17, 15) is 9.59 Å². The first kappa shape index (κ1) is 14.2. The molecule has 0 aromatic carbocycles. The molecule has 0 aliphatic rings. The maximum Gasteiger partial charge on any atom is 0.326 e. The fraction of sp³-hybridized carbons (Fsp3) is 0.500. The van der Waals surface area contributed by atoms with Crippen molar-refractivity contribution in [3.63, 3.8) is 0 Å². The number of methoxy groups -OCH3 is 1. The van der Waals surface area contributed by atoms with E-state index >= 15 is 0 Å². The van der Waals surface area contributed by atoms with Crippen molar-refractivity contribution in [3.8, 4) is 0 Å². The van der Waals surface area contributed by atoms with Crippen molar-refractivity contribution in [1.29, 1.82) is 0 Å². The van der Waals surface area contributed by atoms with Crippen molar-refractivity contribution in [2.24, 2.45) is 0 Å². The zero-order valence-electron chi connectivity index (χ0n) is 10.6. The number of pyridine rings is 1. The molecule has 1 aromatic rings. The van der Waals surface area contributed by atoms with Crippen LogP contribution in [0.15, 0.2) is 23.1 Å². The summed E-state index contributed by atoms with van der Waals surface area (Å²) < 4.78 is 11.2. The number of anilines is 1. The van der Waals surface area contributed by atoms with Crippen molar-refractivity contribution >= 4 is 11.7 Å². The van der Waals surface area contributed by atoms with Gasteiger partial charge in [-0.1, -0.05) is 0 Å². The van der Waals surface area contributed by atoms with Crippen LogP contribution in [0.3, 0.4) is 0 Å². The molecule has 0 saturated heterocycles. The maximum atomic E-state index is 11.6. The Kier molecular flexibility index (Phi) is 5.38. The van der Waals surface area contributed by atoms with Gasteiger partial charge < -0.3 is 19.8 Å². The molecule has 100 valence electrons. The second-order valence-corrected chi connectivity index (χ2v) is 4.01. The van der Waals surface area contributed by atoms with Crippen LogP contribution in [0.2, 0.25) is 0 Å². The Labute approximate surface area is 105 Å². The van der Waals surface area contributed by atoms with E-state index in [1.54, 1.807) is 14.0 Å². The Morgan fingerprint density at radius 1 is 1.50 bits per heavy atom. The highest BCUT2D eigenvalue weighted by molar-refractivity contribution is 5.69. The van der Waals surface area contributed by atoms with Crippen molar-refractivity contribution in [3.05, 3.63) is 28.7 Å². The highest BCUT2D eigenvalue weighted by Crippen LogP contribution is 2.00. The summed E-state index contributed by atoms with van der Waals surface area (Å²) in [6.45, 7) is 2.16. The standard InChI is InChI=1S/C12H18N2O4/c1-9(5-6-17-2)18-12(16)8-14-7-10(13)3-4-11(14)15/h3-4,7,9H,5-6,8,13H2,1-2H3. The van der Waals surface area contributed by atoms with Crippen LogP contribution in [-0.2, 0) is 20.8 Å². The molecule has 6 nitrogen and oxygen atoms in total. The Morgan fingerprint density at radius 3 is 2.89 bits per heavy atom. The van der Waals surface area contributed by atoms with Gasteiger partial charge in [0.05, 0.1) is 0 Å². The van der Waals surface area contributed by atoms with Crippen molar-refractivity contribution in [1.82, 2.24) is 4.57 Å². The van der Waals surface area contributed by atoms with Gasteiger partial charge in [0, 0.05) is 38.1 Å². The largest absolute Gasteiger partial charge is 0.461 e. The molecular weight excluding hydrogens is 236 g/mol. The van der Waals surface area contributed by atoms with Crippen molar-refractivity contribution in [2.75, 3.05) is 19.5 Å². The van der Waals surface area contributed by atoms with Crippen LogP contribution in [0.4, 0.5) is 5.69 Å². The monoisotopic (exact) mass is 254 g/mol. The minimum atomic E-state index is -0.466. The number of nitrogens with zero attached hydrogens (tertiary/aromatic N) is 1. The zero-order valence-corrected chi connectivity index (χ0v) is 10.6. The first-order chi connectivity index (χ1) is 8.52. The van der Waals surface area contributed by atoms with E-state index < -0.39 is 5.97 Å². The molecule has 6 heteroatoms. The lowest BCUT2D eigenvalue weighted by Crippen LogP contribution is -2.27. The SMILES string of the molecule is COCCC(C)OC(=O)Cn1cc(N)ccc1=O. The number of nitrogens with two attached hydrogens (primary N) is 1. The number of carbonyl (C=O) groups excluding carboxylic acids is 1. The highest BCUT2D eigenvalue weighted by atomic mass is 16.5. The lowest BCUT2D eigenvalue weighted by atomic mass is 10.3. The molecule has 1 heterocycles. The summed E-state index contributed by atoms with van der Waals surface area (Å²) in [5.41, 5.74) is 5.68. The molecule has 0 radical (unpaired) electrons. The predicted octanol–water partition coefficient (Wildman–Crippen LogP) is 0.399. The van der Waals surface area contributed by atoms with E-state index in [1.807, 2.05) is 0 Å². The number of esters is 1. The maximum absolute atomic E-state index is 11.6. The molecule has 0 aliphatic carbocycles. The van der Waals surface area contributed by atoms with Gasteiger partial charge in [-0.3, -0.25) is 9.59 Å². The molecule has 18 heavy (non-hydrogen) atoms. The second-order valence-electron chi connectivity index (χ2n) is 4.01. The van der Waals surface area contributed by atoms with Gasteiger partial charge in [0.1, 0.15) is 12.6 Å². The molecule has 0 amide bonds. The van der Waals surface area contributed by atoms with Crippen molar-refractivity contribution < 1.29 is 14.3 Å². The smallest absolute Gasteiger partial charge is 0.326 e. The number of hydrogen-bond acceptors (Lipinski definition) is 5. The molecule has 0 aliphatic heterocycles. The zero-order chi connectivity index (χ0) is 13.5. The molecule has 1 rings (SSSR count). The average molecular weight is 254 g/mol. The van der Waals surface area contributed by atoms with Gasteiger partial charge in [-0.2, -0.15) is 0 Å². The van der Waals surface area contributed by atoms with Crippen LogP contribution in [0.1, 0.15) is 13.3 Å². The van der Waals surface area contributed by atoms with E-state index in [2.05, 4.69) is 0 Å². The molecule has 1 atom stereocenters. The Bertz CT molecular complexity index is 456. The lowest BCUT2D eigenvalue weighted by molar-refractivity contribution is -0.149. The van der Waals surface area contributed by atoms with Crippen molar-refractivity contribution in [2.45, 2.75) is 26.0 Å². The third-order valence-corrected chi connectivity index (χ3v) is 2.37. The summed E-state index contributed by atoms with van der Waals surface area (Å²) in [5, 5.41) is 0. The first-order valence-electron chi connectivity index (χ1n) is 5.67. The van der Waals surface area contributed by atoms with Crippen LogP contribution in [0.25, 0.3) is 0 Å². The van der Waals surface area contributed by atoms with E-state index in [4.69, 9.17) is 15.2 Å². The highest BCUT2D eigenvalue weighted by Gasteiger charge is 2.10. The van der Waals surface area contributed by atoms with Gasteiger partial charge in [0.25, 0.3) is 5.56 Å². The molecular formula is C12H18N2O4. The van der Waals surface area contributed by atoms with Gasteiger partial charge in [0.15, 0.2) is 0 Å². The Hall–Kier alpha value is -1.82. The summed E-state index contributed by atoms with van der Waals surface area (Å²) in [4.78, 5) is 23.0. The summed E-state index contributed by atoms with van der Waals surface area (Å²) in [6.07, 6.45) is 1.80. The number of carbonyl (C=O) groups is 1. The Balaban J connectivity index is 2.54. The van der Waals surface area contributed by atoms with Crippen LogP contribution < -0.4 is 11.3 Å². The fourth-order valence-corrected chi connectivity index (χ4v) is 1.42. The number of hydrogen-bond donors (Lipinski definition) is 1. The van der Waals surface area contributed by atoms with E-state index in [1.165, 1.54) is 22.9 Å². The average Bonchev–Trinajstić information content (AvgIpc) is 2.31. The van der Waals surface area contributed by atoms with E-state index in [-0.39, 0.29) is 18.2 Å². The number of ether oxygens (including phenoxy) is 2. The number of rotatable bonds is 6. The molecule has 1 unspecified atom stereocenters. The summed E-state index contributed by atoms with van der Waals surface area (Å²) in [5.74, 6) is -0.466. The summed E-state index contributed by atoms with van der Waals surface area (Å²) in [6, 6.07) is 2.81. The molecule has 2 N–H and O–H groups in total. The van der Waals surface area contributed by atoms with E-state index in [0.717, 1.165) is 0 Å². The third kappa shape index (κ3) is 4.58. The van der Waals surface area contributed by atoms with Crippen LogP contribution >= 0.6 is 0 Å².